The lowest BCUT2D eigenvalue weighted by Gasteiger charge is -2.35. The molecule has 114 valence electrons. The normalized spacial score (nSPS) is 22.0. The molecule has 2 N–H and O–H groups in total. The Bertz CT molecular complexity index is 523. The van der Waals surface area contributed by atoms with Crippen molar-refractivity contribution in [2.45, 2.75) is 51.1 Å². The molecule has 1 aliphatic heterocycles. The number of fused-ring (bicyclic) bond motifs is 1. The summed E-state index contributed by atoms with van der Waals surface area (Å²) in [5.41, 5.74) is 3.26. The molecule has 4 heteroatoms. The van der Waals surface area contributed by atoms with Gasteiger partial charge < -0.3 is 15.5 Å². The fourth-order valence-corrected chi connectivity index (χ4v) is 3.76. The zero-order chi connectivity index (χ0) is 14.8. The molecule has 4 nitrogen and oxygen atoms in total. The lowest BCUT2D eigenvalue weighted by atomic mass is 9.93. The molecule has 21 heavy (non-hydrogen) atoms. The van der Waals surface area contributed by atoms with Gasteiger partial charge in [-0.05, 0) is 38.9 Å². The first-order valence-electron chi connectivity index (χ1n) is 8.13. The third kappa shape index (κ3) is 2.64. The number of nitrogens with one attached hydrogen (secondary N) is 2. The Morgan fingerprint density at radius 2 is 2.05 bits per heavy atom. The fourth-order valence-electron chi connectivity index (χ4n) is 3.76. The molecule has 0 aromatic heterocycles. The number of hydrogen-bond donors (Lipinski definition) is 2. The van der Waals surface area contributed by atoms with Crippen LogP contribution >= 0.6 is 0 Å². The Kier molecular flexibility index (Phi) is 4.15. The Balaban J connectivity index is 1.86. The van der Waals surface area contributed by atoms with Crippen molar-refractivity contribution in [3.63, 3.8) is 0 Å². The van der Waals surface area contributed by atoms with Crippen LogP contribution in [0.2, 0.25) is 0 Å². The number of rotatable bonds is 4. The van der Waals surface area contributed by atoms with Gasteiger partial charge in [-0.2, -0.15) is 0 Å². The van der Waals surface area contributed by atoms with Gasteiger partial charge in [-0.3, -0.25) is 4.79 Å². The molecule has 1 atom stereocenters. The molecule has 1 aromatic carbocycles. The Morgan fingerprint density at radius 1 is 1.29 bits per heavy atom. The second-order valence-corrected chi connectivity index (χ2v) is 6.06. The first kappa shape index (κ1) is 14.4. The molecule has 2 aliphatic rings. The van der Waals surface area contributed by atoms with Gasteiger partial charge in [-0.25, -0.2) is 0 Å². The summed E-state index contributed by atoms with van der Waals surface area (Å²) in [5, 5.41) is 6.06. The summed E-state index contributed by atoms with van der Waals surface area (Å²) in [7, 11) is 1.83. The zero-order valence-electron chi connectivity index (χ0n) is 13.0. The van der Waals surface area contributed by atoms with Gasteiger partial charge in [-0.1, -0.05) is 25.3 Å². The van der Waals surface area contributed by atoms with Crippen LogP contribution in [0.1, 0.15) is 50.6 Å². The van der Waals surface area contributed by atoms with E-state index in [9.17, 15) is 4.79 Å². The lowest BCUT2D eigenvalue weighted by molar-refractivity contribution is -0.117. The maximum atomic E-state index is 11.9. The number of nitrogens with zero attached hydrogens (tertiary/aromatic N) is 1. The SMILES string of the molecule is CCN(c1ccc2c(c1)NC(=O)C2NC)C1CCCCC1. The number of hydrogen-bond acceptors (Lipinski definition) is 3. The van der Waals surface area contributed by atoms with E-state index in [1.165, 1.54) is 37.8 Å². The maximum Gasteiger partial charge on any atom is 0.246 e. The fraction of sp³-hybridized carbons (Fsp3) is 0.588. The van der Waals surface area contributed by atoms with Gasteiger partial charge >= 0.3 is 0 Å². The predicted octanol–water partition coefficient (Wildman–Crippen LogP) is 3.06. The quantitative estimate of drug-likeness (QED) is 0.894. The molecular formula is C17H25N3O. The predicted molar refractivity (Wildman–Crippen MR) is 86.8 cm³/mol. The number of benzene rings is 1. The number of amides is 1. The van der Waals surface area contributed by atoms with Crippen molar-refractivity contribution in [1.82, 2.24) is 5.32 Å². The first-order chi connectivity index (χ1) is 10.2. The summed E-state index contributed by atoms with van der Waals surface area (Å²) in [6.07, 6.45) is 6.63. The molecule has 1 amide bonds. The van der Waals surface area contributed by atoms with Crippen molar-refractivity contribution < 1.29 is 4.79 Å². The second-order valence-electron chi connectivity index (χ2n) is 6.06. The average molecular weight is 287 g/mol. The highest BCUT2D eigenvalue weighted by atomic mass is 16.2. The second kappa shape index (κ2) is 6.06. The van der Waals surface area contributed by atoms with Crippen LogP contribution in [0, 0.1) is 0 Å². The molecule has 1 saturated carbocycles. The average Bonchev–Trinajstić information content (AvgIpc) is 2.83. The van der Waals surface area contributed by atoms with Crippen LogP contribution in [0.5, 0.6) is 0 Å². The monoisotopic (exact) mass is 287 g/mol. The zero-order valence-corrected chi connectivity index (χ0v) is 13.0. The summed E-state index contributed by atoms with van der Waals surface area (Å²) < 4.78 is 0. The third-order valence-electron chi connectivity index (χ3n) is 4.84. The van der Waals surface area contributed by atoms with E-state index in [2.05, 4.69) is 40.7 Å². The summed E-state index contributed by atoms with van der Waals surface area (Å²) in [5.74, 6) is 0.0466. The number of carbonyl (C=O) groups excluding carboxylic acids is 1. The van der Waals surface area contributed by atoms with E-state index >= 15 is 0 Å². The molecule has 1 aliphatic carbocycles. The Hall–Kier alpha value is -1.55. The molecule has 0 bridgehead atoms. The van der Waals surface area contributed by atoms with Gasteiger partial charge in [0.2, 0.25) is 5.91 Å². The van der Waals surface area contributed by atoms with Crippen molar-refractivity contribution in [3.05, 3.63) is 23.8 Å². The summed E-state index contributed by atoms with van der Waals surface area (Å²) in [6.45, 7) is 3.24. The van der Waals surface area contributed by atoms with Gasteiger partial charge in [0.15, 0.2) is 0 Å². The minimum atomic E-state index is -0.209. The van der Waals surface area contributed by atoms with Crippen molar-refractivity contribution in [2.75, 3.05) is 23.8 Å². The highest BCUT2D eigenvalue weighted by molar-refractivity contribution is 6.03. The topological polar surface area (TPSA) is 44.4 Å². The van der Waals surface area contributed by atoms with Crippen LogP contribution < -0.4 is 15.5 Å². The van der Waals surface area contributed by atoms with Crippen LogP contribution in [-0.4, -0.2) is 25.5 Å². The van der Waals surface area contributed by atoms with E-state index in [-0.39, 0.29) is 11.9 Å². The molecule has 1 fully saturated rings. The molecule has 0 radical (unpaired) electrons. The van der Waals surface area contributed by atoms with E-state index in [4.69, 9.17) is 0 Å². The van der Waals surface area contributed by atoms with E-state index < -0.39 is 0 Å². The smallest absolute Gasteiger partial charge is 0.246 e. The Labute approximate surface area is 126 Å². The maximum absolute atomic E-state index is 11.9. The van der Waals surface area contributed by atoms with E-state index in [1.54, 1.807) is 0 Å². The first-order valence-corrected chi connectivity index (χ1v) is 8.13. The molecule has 1 heterocycles. The van der Waals surface area contributed by atoms with E-state index in [0.717, 1.165) is 17.8 Å². The van der Waals surface area contributed by atoms with Crippen LogP contribution in [-0.2, 0) is 4.79 Å². The van der Waals surface area contributed by atoms with Crippen molar-refractivity contribution in [1.29, 1.82) is 0 Å². The summed E-state index contributed by atoms with van der Waals surface area (Å²) >= 11 is 0. The number of carbonyl (C=O) groups is 1. The molecule has 3 rings (SSSR count). The van der Waals surface area contributed by atoms with Gasteiger partial charge in [0.1, 0.15) is 6.04 Å². The Morgan fingerprint density at radius 3 is 2.71 bits per heavy atom. The van der Waals surface area contributed by atoms with E-state index in [0.29, 0.717) is 6.04 Å². The van der Waals surface area contributed by atoms with Crippen LogP contribution in [0.4, 0.5) is 11.4 Å². The van der Waals surface area contributed by atoms with Crippen molar-refractivity contribution in [3.8, 4) is 0 Å². The summed E-state index contributed by atoms with van der Waals surface area (Å²) in [4.78, 5) is 14.4. The molecule has 1 aromatic rings. The van der Waals surface area contributed by atoms with Crippen LogP contribution in [0.15, 0.2) is 18.2 Å². The number of anilines is 2. The minimum Gasteiger partial charge on any atom is -0.369 e. The van der Waals surface area contributed by atoms with Gasteiger partial charge in [0.05, 0.1) is 0 Å². The van der Waals surface area contributed by atoms with Crippen LogP contribution in [0.25, 0.3) is 0 Å². The molecular weight excluding hydrogens is 262 g/mol. The molecule has 0 spiro atoms. The minimum absolute atomic E-state index is 0.0466. The molecule has 1 unspecified atom stereocenters. The lowest BCUT2D eigenvalue weighted by Crippen LogP contribution is -2.36. The third-order valence-corrected chi connectivity index (χ3v) is 4.84. The van der Waals surface area contributed by atoms with Gasteiger partial charge in [0, 0.05) is 29.5 Å². The van der Waals surface area contributed by atoms with E-state index in [1.807, 2.05) is 7.05 Å². The van der Waals surface area contributed by atoms with Crippen molar-refractivity contribution in [2.24, 2.45) is 0 Å². The highest BCUT2D eigenvalue weighted by Gasteiger charge is 2.30. The van der Waals surface area contributed by atoms with Crippen molar-refractivity contribution >= 4 is 17.3 Å². The number of likely N-dealkylation sites (N-methyl/N-ethyl adjacent to an activating group) is 1. The highest BCUT2D eigenvalue weighted by Crippen LogP contribution is 2.35. The van der Waals surface area contributed by atoms with Crippen LogP contribution in [0.3, 0.4) is 0 Å². The largest absolute Gasteiger partial charge is 0.369 e. The van der Waals surface area contributed by atoms with Gasteiger partial charge in [0.25, 0.3) is 0 Å². The van der Waals surface area contributed by atoms with Gasteiger partial charge in [-0.15, -0.1) is 0 Å². The molecule has 0 saturated heterocycles. The standard InChI is InChI=1S/C17H25N3O/c1-3-20(12-7-5-4-6-8-12)13-9-10-14-15(11-13)19-17(21)16(14)18-2/h9-12,16,18H,3-8H2,1-2H3,(H,19,21). The summed E-state index contributed by atoms with van der Waals surface area (Å²) in [6, 6.07) is 6.84.